The minimum atomic E-state index is -3.76. The maximum atomic E-state index is 12.3. The molecule has 3 rings (SSSR count). The van der Waals surface area contributed by atoms with Gasteiger partial charge in [-0.1, -0.05) is 23.2 Å². The Morgan fingerprint density at radius 3 is 2.88 bits per heavy atom. The van der Waals surface area contributed by atoms with Gasteiger partial charge in [0.15, 0.2) is 0 Å². The SMILES string of the molecule is O=C(CCNS(=O)(=O)c1cc(Cl)sc1Cl)N1CCc2sccc2C1. The van der Waals surface area contributed by atoms with Crippen LogP contribution in [-0.2, 0) is 27.8 Å². The van der Waals surface area contributed by atoms with Crippen LogP contribution in [0.3, 0.4) is 0 Å². The highest BCUT2D eigenvalue weighted by Crippen LogP contribution is 2.34. The highest BCUT2D eigenvalue weighted by Gasteiger charge is 2.23. The molecule has 0 unspecified atom stereocenters. The van der Waals surface area contributed by atoms with Crippen LogP contribution in [0.25, 0.3) is 0 Å². The number of rotatable bonds is 5. The van der Waals surface area contributed by atoms with Crippen LogP contribution in [0.15, 0.2) is 22.4 Å². The van der Waals surface area contributed by atoms with Crippen LogP contribution in [0.4, 0.5) is 0 Å². The summed E-state index contributed by atoms with van der Waals surface area (Å²) in [5, 5.41) is 2.03. The summed E-state index contributed by atoms with van der Waals surface area (Å²) in [7, 11) is -3.76. The van der Waals surface area contributed by atoms with Crippen LogP contribution in [0.2, 0.25) is 8.67 Å². The number of nitrogens with zero attached hydrogens (tertiary/aromatic N) is 1. The lowest BCUT2D eigenvalue weighted by Gasteiger charge is -2.27. The largest absolute Gasteiger partial charge is 0.338 e. The van der Waals surface area contributed by atoms with E-state index in [9.17, 15) is 13.2 Å². The molecule has 5 nitrogen and oxygen atoms in total. The number of thiophene rings is 2. The zero-order valence-electron chi connectivity index (χ0n) is 12.4. The monoisotopic (exact) mass is 424 g/mol. The van der Waals surface area contributed by atoms with Crippen LogP contribution in [0.1, 0.15) is 16.9 Å². The van der Waals surface area contributed by atoms with Crippen molar-refractivity contribution in [1.82, 2.24) is 9.62 Å². The van der Waals surface area contributed by atoms with Crippen molar-refractivity contribution in [3.63, 3.8) is 0 Å². The first kappa shape index (κ1) is 18.2. The summed E-state index contributed by atoms with van der Waals surface area (Å²) in [6.45, 7) is 1.29. The van der Waals surface area contributed by atoms with Crippen LogP contribution >= 0.6 is 45.9 Å². The number of carbonyl (C=O) groups excluding carboxylic acids is 1. The number of fused-ring (bicyclic) bond motifs is 1. The highest BCUT2D eigenvalue weighted by molar-refractivity contribution is 7.89. The third kappa shape index (κ3) is 3.95. The van der Waals surface area contributed by atoms with Crippen LogP contribution < -0.4 is 4.72 Å². The van der Waals surface area contributed by atoms with E-state index in [1.165, 1.54) is 16.5 Å². The van der Waals surface area contributed by atoms with Gasteiger partial charge in [0.05, 0.1) is 4.34 Å². The molecule has 2 aromatic heterocycles. The third-order valence-electron chi connectivity index (χ3n) is 3.71. The number of nitrogens with one attached hydrogen (secondary N) is 1. The van der Waals surface area contributed by atoms with Gasteiger partial charge in [0.1, 0.15) is 9.23 Å². The van der Waals surface area contributed by atoms with Crippen LogP contribution in [0.5, 0.6) is 0 Å². The van der Waals surface area contributed by atoms with E-state index in [-0.39, 0.29) is 28.1 Å². The molecular weight excluding hydrogens is 411 g/mol. The molecular formula is C14H14Cl2N2O3S3. The van der Waals surface area contributed by atoms with E-state index in [4.69, 9.17) is 23.2 Å². The van der Waals surface area contributed by atoms with Crippen molar-refractivity contribution in [3.8, 4) is 0 Å². The Balaban J connectivity index is 1.55. The topological polar surface area (TPSA) is 66.5 Å². The van der Waals surface area contributed by atoms with E-state index < -0.39 is 10.0 Å². The van der Waals surface area contributed by atoms with Crippen LogP contribution in [0, 0.1) is 0 Å². The lowest BCUT2D eigenvalue weighted by Crippen LogP contribution is -2.37. The molecule has 0 saturated carbocycles. The fourth-order valence-corrected chi connectivity index (χ4v) is 6.57. The molecule has 0 radical (unpaired) electrons. The number of amides is 1. The predicted molar refractivity (Wildman–Crippen MR) is 97.6 cm³/mol. The highest BCUT2D eigenvalue weighted by atomic mass is 35.5. The summed E-state index contributed by atoms with van der Waals surface area (Å²) in [6.07, 6.45) is 0.960. The molecule has 3 heterocycles. The second kappa shape index (κ2) is 7.31. The fraction of sp³-hybridized carbons (Fsp3) is 0.357. The van der Waals surface area contributed by atoms with Gasteiger partial charge in [-0.05, 0) is 29.5 Å². The molecule has 0 spiro atoms. The van der Waals surface area contributed by atoms with Gasteiger partial charge < -0.3 is 4.90 Å². The lowest BCUT2D eigenvalue weighted by molar-refractivity contribution is -0.131. The zero-order chi connectivity index (χ0) is 17.3. The van der Waals surface area contributed by atoms with Gasteiger partial charge in [0, 0.05) is 30.9 Å². The first-order valence-electron chi connectivity index (χ1n) is 7.14. The van der Waals surface area contributed by atoms with E-state index in [2.05, 4.69) is 4.72 Å². The molecule has 24 heavy (non-hydrogen) atoms. The first-order valence-corrected chi connectivity index (χ1v) is 11.1. The van der Waals surface area contributed by atoms with Gasteiger partial charge in [0.2, 0.25) is 15.9 Å². The molecule has 0 bridgehead atoms. The van der Waals surface area contributed by atoms with E-state index in [0.29, 0.717) is 17.4 Å². The Morgan fingerprint density at radius 2 is 2.17 bits per heavy atom. The van der Waals surface area contributed by atoms with Crippen molar-refractivity contribution in [1.29, 1.82) is 0 Å². The van der Waals surface area contributed by atoms with Gasteiger partial charge in [-0.15, -0.1) is 22.7 Å². The molecule has 2 aromatic rings. The quantitative estimate of drug-likeness (QED) is 0.799. The fourth-order valence-electron chi connectivity index (χ4n) is 2.50. The summed E-state index contributed by atoms with van der Waals surface area (Å²) in [5.41, 5.74) is 1.18. The Hall–Kier alpha value is -0.640. The lowest BCUT2D eigenvalue weighted by atomic mass is 10.1. The van der Waals surface area contributed by atoms with Crippen molar-refractivity contribution in [2.24, 2.45) is 0 Å². The number of hydrogen-bond acceptors (Lipinski definition) is 5. The molecule has 1 N–H and O–H groups in total. The predicted octanol–water partition coefficient (Wildman–Crippen LogP) is 3.37. The van der Waals surface area contributed by atoms with Crippen molar-refractivity contribution in [2.45, 2.75) is 24.3 Å². The molecule has 1 aliphatic heterocycles. The van der Waals surface area contributed by atoms with Gasteiger partial charge >= 0.3 is 0 Å². The number of hydrogen-bond donors (Lipinski definition) is 1. The minimum Gasteiger partial charge on any atom is -0.338 e. The Bertz CT molecular complexity index is 860. The Morgan fingerprint density at radius 1 is 1.38 bits per heavy atom. The van der Waals surface area contributed by atoms with E-state index >= 15 is 0 Å². The van der Waals surface area contributed by atoms with Gasteiger partial charge in [-0.25, -0.2) is 13.1 Å². The minimum absolute atomic E-state index is 0.0257. The molecule has 1 amide bonds. The molecule has 10 heteroatoms. The van der Waals surface area contributed by atoms with Crippen molar-refractivity contribution in [3.05, 3.63) is 36.6 Å². The smallest absolute Gasteiger partial charge is 0.242 e. The summed E-state index contributed by atoms with van der Waals surface area (Å²) in [6, 6.07) is 3.34. The first-order chi connectivity index (χ1) is 11.4. The number of carbonyl (C=O) groups is 1. The van der Waals surface area contributed by atoms with Gasteiger partial charge in [-0.3, -0.25) is 4.79 Å². The van der Waals surface area contributed by atoms with Crippen molar-refractivity contribution < 1.29 is 13.2 Å². The van der Waals surface area contributed by atoms with Crippen LogP contribution in [-0.4, -0.2) is 32.3 Å². The van der Waals surface area contributed by atoms with Crippen molar-refractivity contribution in [2.75, 3.05) is 13.1 Å². The second-order valence-corrected chi connectivity index (χ2v) is 10.3. The van der Waals surface area contributed by atoms with Gasteiger partial charge in [-0.2, -0.15) is 0 Å². The molecule has 0 aromatic carbocycles. The van der Waals surface area contributed by atoms with E-state index in [1.54, 1.807) is 16.2 Å². The normalized spacial score (nSPS) is 14.7. The standard InChI is InChI=1S/C14H14Cl2N2O3S3/c15-12-7-11(14(16)23-12)24(20,21)17-4-1-13(19)18-5-2-10-9(8-18)3-6-22-10/h3,6-7,17H,1-2,4-5,8H2. The number of halogens is 2. The molecule has 130 valence electrons. The third-order valence-corrected chi connectivity index (χ3v) is 7.94. The molecule has 0 fully saturated rings. The average Bonchev–Trinajstić information content (AvgIpc) is 3.12. The Labute approximate surface area is 158 Å². The summed E-state index contributed by atoms with van der Waals surface area (Å²) >= 11 is 14.3. The van der Waals surface area contributed by atoms with E-state index in [1.807, 2.05) is 11.4 Å². The molecule has 0 saturated heterocycles. The summed E-state index contributed by atoms with van der Waals surface area (Å²) < 4.78 is 27.2. The number of sulfonamides is 1. The summed E-state index contributed by atoms with van der Waals surface area (Å²) in [5.74, 6) is -0.0657. The van der Waals surface area contributed by atoms with E-state index in [0.717, 1.165) is 17.8 Å². The summed E-state index contributed by atoms with van der Waals surface area (Å²) in [4.78, 5) is 15.3. The molecule has 0 atom stereocenters. The average molecular weight is 425 g/mol. The molecule has 1 aliphatic rings. The zero-order valence-corrected chi connectivity index (χ0v) is 16.4. The second-order valence-electron chi connectivity index (χ2n) is 5.27. The Kier molecular flexibility index (Phi) is 5.53. The van der Waals surface area contributed by atoms with Crippen molar-refractivity contribution >= 4 is 61.8 Å². The maximum Gasteiger partial charge on any atom is 0.242 e. The molecule has 0 aliphatic carbocycles. The maximum absolute atomic E-state index is 12.3. The van der Waals surface area contributed by atoms with Gasteiger partial charge in [0.25, 0.3) is 0 Å².